The van der Waals surface area contributed by atoms with E-state index in [0.29, 0.717) is 23.7 Å². The van der Waals surface area contributed by atoms with E-state index in [1.807, 2.05) is 31.2 Å². The van der Waals surface area contributed by atoms with Crippen LogP contribution in [-0.4, -0.2) is 35.1 Å². The van der Waals surface area contributed by atoms with Crippen LogP contribution < -0.4 is 5.32 Å². The molecule has 0 fully saturated rings. The van der Waals surface area contributed by atoms with E-state index < -0.39 is 6.04 Å². The summed E-state index contributed by atoms with van der Waals surface area (Å²) in [7, 11) is 0. The third-order valence-electron chi connectivity index (χ3n) is 4.92. The average Bonchev–Trinajstić information content (AvgIpc) is 2.76. The average molecular weight is 465 g/mol. The third-order valence-corrected chi connectivity index (χ3v) is 6.26. The van der Waals surface area contributed by atoms with Crippen molar-refractivity contribution in [3.63, 3.8) is 0 Å². The van der Waals surface area contributed by atoms with Crippen LogP contribution in [-0.2, 0) is 21.9 Å². The Bertz CT molecular complexity index is 848. The molecular weight excluding hydrogens is 435 g/mol. The third kappa shape index (κ3) is 8.19. The van der Waals surface area contributed by atoms with Crippen LogP contribution in [0.3, 0.4) is 0 Å². The molecule has 31 heavy (non-hydrogen) atoms. The molecular formula is C24H30ClFN2O2S. The molecule has 1 atom stereocenters. The van der Waals surface area contributed by atoms with Crippen LogP contribution in [0.15, 0.2) is 48.5 Å². The van der Waals surface area contributed by atoms with E-state index in [2.05, 4.69) is 12.2 Å². The Hall–Kier alpha value is -2.05. The van der Waals surface area contributed by atoms with E-state index in [-0.39, 0.29) is 29.9 Å². The van der Waals surface area contributed by atoms with Crippen LogP contribution in [0.4, 0.5) is 4.39 Å². The molecule has 2 aromatic carbocycles. The van der Waals surface area contributed by atoms with Gasteiger partial charge in [0.2, 0.25) is 11.8 Å². The van der Waals surface area contributed by atoms with Crippen LogP contribution in [0.5, 0.6) is 0 Å². The molecule has 0 radical (unpaired) electrons. The maximum Gasteiger partial charge on any atom is 0.242 e. The summed E-state index contributed by atoms with van der Waals surface area (Å²) in [6, 6.07) is 13.0. The lowest BCUT2D eigenvalue weighted by atomic mass is 10.1. The maximum atomic E-state index is 13.3. The molecule has 1 N–H and O–H groups in total. The summed E-state index contributed by atoms with van der Waals surface area (Å²) in [6.45, 7) is 4.80. The Morgan fingerprint density at radius 2 is 1.84 bits per heavy atom. The van der Waals surface area contributed by atoms with Crippen LogP contribution in [0.25, 0.3) is 0 Å². The van der Waals surface area contributed by atoms with Gasteiger partial charge in [-0.1, -0.05) is 62.2 Å². The van der Waals surface area contributed by atoms with Gasteiger partial charge in [0.15, 0.2) is 0 Å². The minimum Gasteiger partial charge on any atom is -0.354 e. The van der Waals surface area contributed by atoms with E-state index >= 15 is 0 Å². The number of thioether (sulfide) groups is 1. The Morgan fingerprint density at radius 3 is 2.48 bits per heavy atom. The standard InChI is InChI=1S/C24H30ClFN2O2S/c1-3-5-14-27-24(30)22(4-2)28(15-18-10-12-20(26)13-11-18)23(29)17-31-16-19-8-6-7-9-21(19)25/h6-13,22H,3-5,14-17H2,1-2H3,(H,27,30)/t22-/m0/s1. The Balaban J connectivity index is 2.10. The number of nitrogens with zero attached hydrogens (tertiary/aromatic N) is 1. The van der Waals surface area contributed by atoms with Gasteiger partial charge in [0.1, 0.15) is 11.9 Å². The van der Waals surface area contributed by atoms with E-state index in [0.717, 1.165) is 24.0 Å². The second-order valence-electron chi connectivity index (χ2n) is 7.30. The summed E-state index contributed by atoms with van der Waals surface area (Å²) >= 11 is 7.67. The molecule has 0 spiro atoms. The van der Waals surface area contributed by atoms with Gasteiger partial charge in [0.05, 0.1) is 5.75 Å². The van der Waals surface area contributed by atoms with Crippen molar-refractivity contribution in [2.45, 2.75) is 51.4 Å². The molecule has 7 heteroatoms. The summed E-state index contributed by atoms with van der Waals surface area (Å²) in [5.74, 6) is 0.225. The first-order valence-corrected chi connectivity index (χ1v) is 12.1. The number of amides is 2. The van der Waals surface area contributed by atoms with Gasteiger partial charge in [0, 0.05) is 23.9 Å². The summed E-state index contributed by atoms with van der Waals surface area (Å²) < 4.78 is 13.3. The molecule has 0 aliphatic heterocycles. The molecule has 0 aliphatic carbocycles. The number of nitrogens with one attached hydrogen (secondary N) is 1. The molecule has 2 amide bonds. The van der Waals surface area contributed by atoms with Crippen LogP contribution in [0.1, 0.15) is 44.2 Å². The summed E-state index contributed by atoms with van der Waals surface area (Å²) in [5.41, 5.74) is 1.75. The van der Waals surface area contributed by atoms with Gasteiger partial charge in [-0.05, 0) is 42.2 Å². The second kappa shape index (κ2) is 13.4. The number of benzene rings is 2. The quantitative estimate of drug-likeness (QED) is 0.426. The number of halogens is 2. The molecule has 2 rings (SSSR count). The fourth-order valence-electron chi connectivity index (χ4n) is 3.16. The number of hydrogen-bond acceptors (Lipinski definition) is 3. The maximum absolute atomic E-state index is 13.3. The Kier molecular flexibility index (Phi) is 10.9. The number of hydrogen-bond donors (Lipinski definition) is 1. The molecule has 0 heterocycles. The largest absolute Gasteiger partial charge is 0.354 e. The van der Waals surface area contributed by atoms with Gasteiger partial charge in [-0.15, -0.1) is 11.8 Å². The van der Waals surface area contributed by atoms with Crippen molar-refractivity contribution in [1.82, 2.24) is 10.2 Å². The summed E-state index contributed by atoms with van der Waals surface area (Å²) in [4.78, 5) is 27.5. The second-order valence-corrected chi connectivity index (χ2v) is 8.69. The van der Waals surface area contributed by atoms with Gasteiger partial charge >= 0.3 is 0 Å². The molecule has 0 unspecified atom stereocenters. The zero-order valence-corrected chi connectivity index (χ0v) is 19.6. The molecule has 0 aliphatic rings. The van der Waals surface area contributed by atoms with Crippen LogP contribution >= 0.6 is 23.4 Å². The lowest BCUT2D eigenvalue weighted by molar-refractivity contribution is -0.139. The first kappa shape index (κ1) is 25.2. The minimum absolute atomic E-state index is 0.126. The van der Waals surface area contributed by atoms with E-state index in [4.69, 9.17) is 11.6 Å². The normalized spacial score (nSPS) is 11.7. The highest BCUT2D eigenvalue weighted by Gasteiger charge is 2.28. The monoisotopic (exact) mass is 464 g/mol. The lowest BCUT2D eigenvalue weighted by Crippen LogP contribution is -2.49. The Labute approximate surface area is 193 Å². The van der Waals surface area contributed by atoms with Gasteiger partial charge in [-0.2, -0.15) is 0 Å². The van der Waals surface area contributed by atoms with E-state index in [1.165, 1.54) is 23.9 Å². The molecule has 2 aromatic rings. The summed E-state index contributed by atoms with van der Waals surface area (Å²) in [6.07, 6.45) is 2.37. The number of carbonyl (C=O) groups excluding carboxylic acids is 2. The van der Waals surface area contributed by atoms with E-state index in [1.54, 1.807) is 17.0 Å². The molecule has 4 nitrogen and oxygen atoms in total. The van der Waals surface area contributed by atoms with Gasteiger partial charge in [0.25, 0.3) is 0 Å². The van der Waals surface area contributed by atoms with Crippen LogP contribution in [0.2, 0.25) is 5.02 Å². The molecule has 0 bridgehead atoms. The predicted octanol–water partition coefficient (Wildman–Crippen LogP) is 5.44. The van der Waals surface area contributed by atoms with Crippen molar-refractivity contribution in [2.24, 2.45) is 0 Å². The topological polar surface area (TPSA) is 49.4 Å². The van der Waals surface area contributed by atoms with Gasteiger partial charge in [-0.25, -0.2) is 4.39 Å². The van der Waals surface area contributed by atoms with Gasteiger partial charge < -0.3 is 10.2 Å². The SMILES string of the molecule is CCCCNC(=O)[C@H](CC)N(Cc1ccc(F)cc1)C(=O)CSCc1ccccc1Cl. The van der Waals surface area contributed by atoms with Crippen molar-refractivity contribution in [1.29, 1.82) is 0 Å². The van der Waals surface area contributed by atoms with Crippen molar-refractivity contribution in [3.8, 4) is 0 Å². The first-order chi connectivity index (χ1) is 15.0. The highest BCUT2D eigenvalue weighted by molar-refractivity contribution is 7.99. The van der Waals surface area contributed by atoms with Crippen molar-refractivity contribution >= 4 is 35.2 Å². The van der Waals surface area contributed by atoms with Gasteiger partial charge in [-0.3, -0.25) is 9.59 Å². The number of unbranched alkanes of at least 4 members (excludes halogenated alkanes) is 1. The smallest absolute Gasteiger partial charge is 0.242 e. The van der Waals surface area contributed by atoms with E-state index in [9.17, 15) is 14.0 Å². The highest BCUT2D eigenvalue weighted by atomic mass is 35.5. The first-order valence-electron chi connectivity index (χ1n) is 10.6. The highest BCUT2D eigenvalue weighted by Crippen LogP contribution is 2.22. The fourth-order valence-corrected chi connectivity index (χ4v) is 4.35. The Morgan fingerprint density at radius 1 is 1.13 bits per heavy atom. The van der Waals surface area contributed by atoms with Crippen LogP contribution in [0, 0.1) is 5.82 Å². The van der Waals surface area contributed by atoms with Crippen molar-refractivity contribution < 1.29 is 14.0 Å². The molecule has 0 aromatic heterocycles. The van der Waals surface area contributed by atoms with Crippen molar-refractivity contribution in [2.75, 3.05) is 12.3 Å². The van der Waals surface area contributed by atoms with Crippen molar-refractivity contribution in [3.05, 3.63) is 70.5 Å². The molecule has 168 valence electrons. The number of rotatable bonds is 12. The minimum atomic E-state index is -0.574. The zero-order chi connectivity index (χ0) is 22.6. The molecule has 0 saturated carbocycles. The lowest BCUT2D eigenvalue weighted by Gasteiger charge is -2.30. The fraction of sp³-hybridized carbons (Fsp3) is 0.417. The molecule has 0 saturated heterocycles. The predicted molar refractivity (Wildman–Crippen MR) is 127 cm³/mol. The number of carbonyl (C=O) groups is 2. The summed E-state index contributed by atoms with van der Waals surface area (Å²) in [5, 5.41) is 3.61. The zero-order valence-electron chi connectivity index (χ0n) is 18.1.